The van der Waals surface area contributed by atoms with Crippen LogP contribution in [0.2, 0.25) is 0 Å². The third-order valence-corrected chi connectivity index (χ3v) is 2.60. The van der Waals surface area contributed by atoms with Crippen LogP contribution in [0.5, 0.6) is 0 Å². The SMILES string of the molecule is CC1CC(=O)N(c2ncccc2C(=O)O)C1=O. The van der Waals surface area contributed by atoms with Crippen molar-refractivity contribution < 1.29 is 19.5 Å². The minimum absolute atomic E-state index is 0.0917. The van der Waals surface area contributed by atoms with Crippen molar-refractivity contribution in [1.29, 1.82) is 0 Å². The summed E-state index contributed by atoms with van der Waals surface area (Å²) in [5, 5.41) is 8.98. The molecule has 2 rings (SSSR count). The summed E-state index contributed by atoms with van der Waals surface area (Å²) in [4.78, 5) is 39.1. The van der Waals surface area contributed by atoms with Gasteiger partial charge in [0.1, 0.15) is 5.56 Å². The molecule has 0 bridgehead atoms. The van der Waals surface area contributed by atoms with E-state index in [0.717, 1.165) is 4.90 Å². The fourth-order valence-electron chi connectivity index (χ4n) is 1.75. The van der Waals surface area contributed by atoms with Crippen LogP contribution in [0.25, 0.3) is 0 Å². The number of nitrogens with zero attached hydrogens (tertiary/aromatic N) is 2. The first-order chi connectivity index (χ1) is 8.02. The molecular formula is C11H10N2O4. The minimum atomic E-state index is -1.21. The van der Waals surface area contributed by atoms with Crippen molar-refractivity contribution in [2.45, 2.75) is 13.3 Å². The molecule has 1 aliphatic heterocycles. The molecule has 0 spiro atoms. The van der Waals surface area contributed by atoms with Gasteiger partial charge in [-0.25, -0.2) is 14.7 Å². The Labute approximate surface area is 96.9 Å². The van der Waals surface area contributed by atoms with Gasteiger partial charge in [0, 0.05) is 18.5 Å². The van der Waals surface area contributed by atoms with Crippen LogP contribution in [-0.4, -0.2) is 27.9 Å². The van der Waals surface area contributed by atoms with Crippen LogP contribution in [-0.2, 0) is 9.59 Å². The van der Waals surface area contributed by atoms with Crippen molar-refractivity contribution in [3.63, 3.8) is 0 Å². The molecule has 88 valence electrons. The van der Waals surface area contributed by atoms with Crippen LogP contribution in [0.3, 0.4) is 0 Å². The number of pyridine rings is 1. The van der Waals surface area contributed by atoms with Gasteiger partial charge in [-0.05, 0) is 12.1 Å². The number of rotatable bonds is 2. The Morgan fingerprint density at radius 3 is 2.76 bits per heavy atom. The zero-order valence-corrected chi connectivity index (χ0v) is 9.08. The predicted octanol–water partition coefficient (Wildman–Crippen LogP) is 0.679. The number of aromatic carboxylic acids is 1. The summed E-state index contributed by atoms with van der Waals surface area (Å²) >= 11 is 0. The lowest BCUT2D eigenvalue weighted by molar-refractivity contribution is -0.122. The second-order valence-corrected chi connectivity index (χ2v) is 3.85. The number of imide groups is 1. The maximum atomic E-state index is 11.8. The minimum Gasteiger partial charge on any atom is -0.478 e. The maximum Gasteiger partial charge on any atom is 0.339 e. The van der Waals surface area contributed by atoms with E-state index < -0.39 is 23.7 Å². The average Bonchev–Trinajstić information content (AvgIpc) is 2.53. The normalized spacial score (nSPS) is 19.8. The highest BCUT2D eigenvalue weighted by atomic mass is 16.4. The molecule has 17 heavy (non-hydrogen) atoms. The molecule has 6 nitrogen and oxygen atoms in total. The van der Waals surface area contributed by atoms with Gasteiger partial charge in [-0.3, -0.25) is 9.59 Å². The molecule has 1 aliphatic rings. The van der Waals surface area contributed by atoms with Crippen molar-refractivity contribution in [2.24, 2.45) is 5.92 Å². The number of aromatic nitrogens is 1. The number of hydrogen-bond acceptors (Lipinski definition) is 4. The van der Waals surface area contributed by atoms with Gasteiger partial charge in [0.25, 0.3) is 0 Å². The Balaban J connectivity index is 2.51. The third kappa shape index (κ3) is 1.77. The van der Waals surface area contributed by atoms with E-state index >= 15 is 0 Å². The highest BCUT2D eigenvalue weighted by molar-refractivity contribution is 6.21. The molecular weight excluding hydrogens is 224 g/mol. The molecule has 1 atom stereocenters. The van der Waals surface area contributed by atoms with E-state index in [0.29, 0.717) is 0 Å². The van der Waals surface area contributed by atoms with E-state index in [1.165, 1.54) is 18.3 Å². The summed E-state index contributed by atoms with van der Waals surface area (Å²) in [5.41, 5.74) is -0.150. The lowest BCUT2D eigenvalue weighted by Crippen LogP contribution is -2.32. The largest absolute Gasteiger partial charge is 0.478 e. The monoisotopic (exact) mass is 234 g/mol. The molecule has 0 aliphatic carbocycles. The lowest BCUT2D eigenvalue weighted by atomic mass is 10.1. The van der Waals surface area contributed by atoms with E-state index in [-0.39, 0.29) is 17.8 Å². The third-order valence-electron chi connectivity index (χ3n) is 2.60. The zero-order valence-electron chi connectivity index (χ0n) is 9.08. The quantitative estimate of drug-likeness (QED) is 0.760. The summed E-state index contributed by atoms with van der Waals surface area (Å²) in [7, 11) is 0. The number of carboxylic acid groups (broad SMARTS) is 1. The molecule has 1 fully saturated rings. The van der Waals surface area contributed by atoms with E-state index in [4.69, 9.17) is 5.11 Å². The topological polar surface area (TPSA) is 87.6 Å². The number of carbonyl (C=O) groups excluding carboxylic acids is 2. The zero-order chi connectivity index (χ0) is 12.6. The maximum absolute atomic E-state index is 11.8. The van der Waals surface area contributed by atoms with Gasteiger partial charge in [-0.1, -0.05) is 6.92 Å². The standard InChI is InChI=1S/C11H10N2O4/c1-6-5-8(14)13(10(6)15)9-7(11(16)17)3-2-4-12-9/h2-4,6H,5H2,1H3,(H,16,17). The van der Waals surface area contributed by atoms with Crippen molar-refractivity contribution in [3.05, 3.63) is 23.9 Å². The lowest BCUT2D eigenvalue weighted by Gasteiger charge is -2.14. The molecule has 2 heterocycles. The Hall–Kier alpha value is -2.24. The second kappa shape index (κ2) is 3.97. The molecule has 0 saturated carbocycles. The van der Waals surface area contributed by atoms with Crippen LogP contribution in [0, 0.1) is 5.92 Å². The predicted molar refractivity (Wildman–Crippen MR) is 57.5 cm³/mol. The van der Waals surface area contributed by atoms with E-state index in [2.05, 4.69) is 4.98 Å². The Kier molecular flexibility index (Phi) is 2.63. The molecule has 2 amide bonds. The molecule has 0 aromatic carbocycles. The number of hydrogen-bond donors (Lipinski definition) is 1. The average molecular weight is 234 g/mol. The van der Waals surface area contributed by atoms with Gasteiger partial charge in [-0.2, -0.15) is 0 Å². The van der Waals surface area contributed by atoms with Gasteiger partial charge in [0.05, 0.1) is 0 Å². The Bertz CT molecular complexity index is 512. The first-order valence-electron chi connectivity index (χ1n) is 5.07. The summed E-state index contributed by atoms with van der Waals surface area (Å²) < 4.78 is 0. The molecule has 1 aromatic heterocycles. The first kappa shape index (κ1) is 11.3. The Morgan fingerprint density at radius 2 is 2.24 bits per heavy atom. The highest BCUT2D eigenvalue weighted by Gasteiger charge is 2.39. The van der Waals surface area contributed by atoms with Crippen molar-refractivity contribution in [3.8, 4) is 0 Å². The molecule has 6 heteroatoms. The molecule has 1 saturated heterocycles. The summed E-state index contributed by atoms with van der Waals surface area (Å²) in [6, 6.07) is 2.76. The fourth-order valence-corrected chi connectivity index (χ4v) is 1.75. The number of amides is 2. The van der Waals surface area contributed by atoms with Crippen molar-refractivity contribution in [1.82, 2.24) is 4.98 Å². The van der Waals surface area contributed by atoms with Gasteiger partial charge < -0.3 is 5.11 Å². The summed E-state index contributed by atoms with van der Waals surface area (Å²) in [6.07, 6.45) is 1.44. The van der Waals surface area contributed by atoms with Gasteiger partial charge in [0.2, 0.25) is 11.8 Å². The number of anilines is 1. The van der Waals surface area contributed by atoms with Crippen LogP contribution < -0.4 is 4.90 Å². The van der Waals surface area contributed by atoms with Gasteiger partial charge in [0.15, 0.2) is 5.82 Å². The van der Waals surface area contributed by atoms with Crippen LogP contribution in [0.15, 0.2) is 18.3 Å². The van der Waals surface area contributed by atoms with Crippen LogP contribution in [0.4, 0.5) is 5.82 Å². The Morgan fingerprint density at radius 1 is 1.53 bits per heavy atom. The van der Waals surface area contributed by atoms with E-state index in [1.807, 2.05) is 0 Å². The first-order valence-corrected chi connectivity index (χ1v) is 5.07. The molecule has 1 unspecified atom stereocenters. The summed E-state index contributed by atoms with van der Waals surface area (Å²) in [5.74, 6) is -2.56. The van der Waals surface area contributed by atoms with E-state index in [9.17, 15) is 14.4 Å². The van der Waals surface area contributed by atoms with E-state index in [1.54, 1.807) is 6.92 Å². The van der Waals surface area contributed by atoms with Crippen LogP contribution >= 0.6 is 0 Å². The smallest absolute Gasteiger partial charge is 0.339 e. The van der Waals surface area contributed by atoms with Gasteiger partial charge in [-0.15, -0.1) is 0 Å². The summed E-state index contributed by atoms with van der Waals surface area (Å²) in [6.45, 7) is 1.63. The second-order valence-electron chi connectivity index (χ2n) is 3.85. The number of carboxylic acids is 1. The van der Waals surface area contributed by atoms with Crippen molar-refractivity contribution >= 4 is 23.6 Å². The fraction of sp³-hybridized carbons (Fsp3) is 0.273. The van der Waals surface area contributed by atoms with Gasteiger partial charge >= 0.3 is 5.97 Å². The van der Waals surface area contributed by atoms with Crippen molar-refractivity contribution in [2.75, 3.05) is 4.90 Å². The molecule has 1 aromatic rings. The molecule has 0 radical (unpaired) electrons. The molecule has 1 N–H and O–H groups in total. The highest BCUT2D eigenvalue weighted by Crippen LogP contribution is 2.26. The number of carbonyl (C=O) groups is 3. The van der Waals surface area contributed by atoms with Crippen LogP contribution in [0.1, 0.15) is 23.7 Å².